The van der Waals surface area contributed by atoms with E-state index >= 15 is 0 Å². The number of carbonyl (C=O) groups is 1. The predicted octanol–water partition coefficient (Wildman–Crippen LogP) is 4.55. The van der Waals surface area contributed by atoms with Gasteiger partial charge in [0.15, 0.2) is 0 Å². The minimum absolute atomic E-state index is 0.578. The van der Waals surface area contributed by atoms with Gasteiger partial charge in [0, 0.05) is 6.08 Å². The number of amides is 1. The normalized spacial score (nSPS) is 10.7. The molecule has 0 heterocycles. The zero-order valence-electron chi connectivity index (χ0n) is 14.3. The molecule has 0 saturated heterocycles. The number of ether oxygens (including phenoxy) is 1. The third-order valence-corrected chi connectivity index (χ3v) is 4.09. The Balaban J connectivity index is 1.99. The largest absolute Gasteiger partial charge is 0.497 e. The number of methoxy groups -OCH3 is 1. The highest BCUT2D eigenvalue weighted by Gasteiger charge is 2.07. The van der Waals surface area contributed by atoms with Crippen molar-refractivity contribution < 1.29 is 14.7 Å². The molecule has 3 aromatic rings. The van der Waals surface area contributed by atoms with E-state index in [0.29, 0.717) is 0 Å². The topological polar surface area (TPSA) is 58.6 Å². The van der Waals surface area contributed by atoms with Crippen LogP contribution in [0.5, 0.6) is 5.75 Å². The molecule has 3 aromatic carbocycles. The van der Waals surface area contributed by atoms with Crippen LogP contribution in [-0.4, -0.2) is 18.2 Å². The monoisotopic (exact) mass is 345 g/mol. The Morgan fingerprint density at radius 3 is 2.23 bits per heavy atom. The number of benzene rings is 3. The molecule has 0 aliphatic carbocycles. The second kappa shape index (κ2) is 8.14. The smallest absolute Gasteiger partial charge is 0.267 e. The summed E-state index contributed by atoms with van der Waals surface area (Å²) in [6.45, 7) is 0. The second-order valence-corrected chi connectivity index (χ2v) is 5.71. The van der Waals surface area contributed by atoms with Gasteiger partial charge in [0.25, 0.3) is 5.91 Å². The molecular formula is C22H19NO3. The van der Waals surface area contributed by atoms with Crippen molar-refractivity contribution in [3.05, 3.63) is 84.4 Å². The highest BCUT2D eigenvalue weighted by molar-refractivity contribution is 5.92. The lowest BCUT2D eigenvalue weighted by atomic mass is 9.96. The molecule has 0 spiro atoms. The summed E-state index contributed by atoms with van der Waals surface area (Å²) in [6, 6.07) is 24.0. The third-order valence-electron chi connectivity index (χ3n) is 4.09. The minimum Gasteiger partial charge on any atom is -0.497 e. The van der Waals surface area contributed by atoms with Crippen molar-refractivity contribution in [2.75, 3.05) is 7.11 Å². The fourth-order valence-electron chi connectivity index (χ4n) is 2.73. The van der Waals surface area contributed by atoms with Gasteiger partial charge in [-0.2, -0.15) is 0 Å². The lowest BCUT2D eigenvalue weighted by molar-refractivity contribution is -0.124. The van der Waals surface area contributed by atoms with Gasteiger partial charge in [0.05, 0.1) is 7.11 Å². The highest BCUT2D eigenvalue weighted by Crippen LogP contribution is 2.31. The third kappa shape index (κ3) is 3.99. The lowest BCUT2D eigenvalue weighted by Gasteiger charge is -2.10. The van der Waals surface area contributed by atoms with Gasteiger partial charge in [0.1, 0.15) is 5.75 Å². The summed E-state index contributed by atoms with van der Waals surface area (Å²) in [6.07, 6.45) is 2.94. The van der Waals surface area contributed by atoms with Crippen LogP contribution in [0.2, 0.25) is 0 Å². The van der Waals surface area contributed by atoms with Crippen molar-refractivity contribution in [2.24, 2.45) is 0 Å². The van der Waals surface area contributed by atoms with Crippen LogP contribution >= 0.6 is 0 Å². The maximum absolute atomic E-state index is 11.3. The molecule has 130 valence electrons. The molecule has 0 aliphatic heterocycles. The van der Waals surface area contributed by atoms with Crippen LogP contribution < -0.4 is 10.2 Å². The van der Waals surface area contributed by atoms with Crippen LogP contribution in [0, 0.1) is 0 Å². The van der Waals surface area contributed by atoms with Crippen LogP contribution in [0.3, 0.4) is 0 Å². The molecule has 4 nitrogen and oxygen atoms in total. The Morgan fingerprint density at radius 1 is 0.923 bits per heavy atom. The second-order valence-electron chi connectivity index (χ2n) is 5.71. The fraction of sp³-hybridized carbons (Fsp3) is 0.0455. The standard InChI is InChI=1S/C22H19NO3/c1-26-20-13-11-19(12-14-22(24)23-25)21(15-20)18-9-7-17(8-10-18)16-5-3-2-4-6-16/h2-15,25H,1H3,(H,23,24). The van der Waals surface area contributed by atoms with Crippen LogP contribution in [0.15, 0.2) is 78.9 Å². The van der Waals surface area contributed by atoms with Crippen molar-refractivity contribution in [3.63, 3.8) is 0 Å². The average molecular weight is 345 g/mol. The molecule has 0 radical (unpaired) electrons. The van der Waals surface area contributed by atoms with Gasteiger partial charge in [-0.1, -0.05) is 60.7 Å². The lowest BCUT2D eigenvalue weighted by Crippen LogP contribution is -2.14. The summed E-state index contributed by atoms with van der Waals surface area (Å²) >= 11 is 0. The molecule has 3 rings (SSSR count). The van der Waals surface area contributed by atoms with Crippen LogP contribution in [0.4, 0.5) is 0 Å². The molecule has 1 amide bonds. The van der Waals surface area contributed by atoms with E-state index in [0.717, 1.165) is 33.6 Å². The van der Waals surface area contributed by atoms with Crippen molar-refractivity contribution in [2.45, 2.75) is 0 Å². The first kappa shape index (κ1) is 17.5. The molecule has 4 heteroatoms. The van der Waals surface area contributed by atoms with Crippen LogP contribution in [0.25, 0.3) is 28.3 Å². The zero-order valence-corrected chi connectivity index (χ0v) is 14.3. The molecule has 0 aromatic heterocycles. The molecular weight excluding hydrogens is 326 g/mol. The molecule has 0 bridgehead atoms. The zero-order chi connectivity index (χ0) is 18.4. The van der Waals surface area contributed by atoms with Crippen molar-refractivity contribution in [1.82, 2.24) is 5.48 Å². The van der Waals surface area contributed by atoms with Crippen LogP contribution in [0.1, 0.15) is 5.56 Å². The van der Waals surface area contributed by atoms with Gasteiger partial charge in [0.2, 0.25) is 0 Å². The Morgan fingerprint density at radius 2 is 1.58 bits per heavy atom. The molecule has 26 heavy (non-hydrogen) atoms. The fourth-order valence-corrected chi connectivity index (χ4v) is 2.73. The van der Waals surface area contributed by atoms with E-state index < -0.39 is 5.91 Å². The van der Waals surface area contributed by atoms with Crippen molar-refractivity contribution in [1.29, 1.82) is 0 Å². The Bertz CT molecular complexity index is 916. The predicted molar refractivity (Wildman–Crippen MR) is 103 cm³/mol. The number of rotatable bonds is 5. The number of nitrogens with one attached hydrogen (secondary N) is 1. The van der Waals surface area contributed by atoms with Crippen LogP contribution in [-0.2, 0) is 4.79 Å². The van der Waals surface area contributed by atoms with Gasteiger partial charge in [-0.3, -0.25) is 10.0 Å². The Hall–Kier alpha value is -3.37. The van der Waals surface area contributed by atoms with E-state index in [9.17, 15) is 4.79 Å². The summed E-state index contributed by atoms with van der Waals surface area (Å²) in [5, 5.41) is 8.65. The summed E-state index contributed by atoms with van der Waals surface area (Å²) in [4.78, 5) is 11.3. The van der Waals surface area contributed by atoms with E-state index in [1.165, 1.54) is 6.08 Å². The SMILES string of the molecule is COc1ccc(C=CC(=O)NO)c(-c2ccc(-c3ccccc3)cc2)c1. The number of hydrogen-bond donors (Lipinski definition) is 2. The van der Waals surface area contributed by atoms with Crippen molar-refractivity contribution >= 4 is 12.0 Å². The van der Waals surface area contributed by atoms with Gasteiger partial charge in [-0.05, 0) is 46.0 Å². The molecule has 0 fully saturated rings. The molecule has 0 aliphatic rings. The van der Waals surface area contributed by atoms with E-state index in [1.54, 1.807) is 18.7 Å². The van der Waals surface area contributed by atoms with E-state index in [1.807, 2.05) is 48.5 Å². The number of hydroxylamine groups is 1. The highest BCUT2D eigenvalue weighted by atomic mass is 16.5. The summed E-state index contributed by atoms with van der Waals surface area (Å²) in [7, 11) is 1.62. The first-order chi connectivity index (χ1) is 12.7. The van der Waals surface area contributed by atoms with Gasteiger partial charge >= 0.3 is 0 Å². The number of carbonyl (C=O) groups excluding carboxylic acids is 1. The van der Waals surface area contributed by atoms with Crippen molar-refractivity contribution in [3.8, 4) is 28.0 Å². The maximum Gasteiger partial charge on any atom is 0.267 e. The summed E-state index contributed by atoms with van der Waals surface area (Å²) in [5.41, 5.74) is 6.67. The Kier molecular flexibility index (Phi) is 5.46. The van der Waals surface area contributed by atoms with E-state index in [4.69, 9.17) is 9.94 Å². The summed E-state index contributed by atoms with van der Waals surface area (Å²) < 4.78 is 5.33. The van der Waals surface area contributed by atoms with Gasteiger partial charge in [-0.15, -0.1) is 0 Å². The molecule has 0 unspecified atom stereocenters. The molecule has 0 saturated carbocycles. The first-order valence-corrected chi connectivity index (χ1v) is 8.17. The number of hydrogen-bond acceptors (Lipinski definition) is 3. The van der Waals surface area contributed by atoms with E-state index in [2.05, 4.69) is 24.3 Å². The first-order valence-electron chi connectivity index (χ1n) is 8.17. The quantitative estimate of drug-likeness (QED) is 0.405. The van der Waals surface area contributed by atoms with Gasteiger partial charge < -0.3 is 4.74 Å². The molecule has 0 atom stereocenters. The molecule has 2 N–H and O–H groups in total. The van der Waals surface area contributed by atoms with Gasteiger partial charge in [-0.25, -0.2) is 5.48 Å². The van der Waals surface area contributed by atoms with E-state index in [-0.39, 0.29) is 0 Å². The average Bonchev–Trinajstić information content (AvgIpc) is 2.72. The maximum atomic E-state index is 11.3. The Labute approximate surface area is 152 Å². The summed E-state index contributed by atoms with van der Waals surface area (Å²) in [5.74, 6) is 0.155. The minimum atomic E-state index is -0.578.